The molecule has 0 saturated carbocycles. The number of aldehydes is 1. The van der Waals surface area contributed by atoms with Gasteiger partial charge in [0.25, 0.3) is 10.0 Å². The first kappa shape index (κ1) is 18.8. The first-order valence-corrected chi connectivity index (χ1v) is 10.1. The van der Waals surface area contributed by atoms with Gasteiger partial charge in [0.05, 0.1) is 23.7 Å². The molecule has 0 bridgehead atoms. The van der Waals surface area contributed by atoms with Gasteiger partial charge in [-0.3, -0.25) is 4.79 Å². The third kappa shape index (κ3) is 4.09. The van der Waals surface area contributed by atoms with Crippen LogP contribution in [0.2, 0.25) is 0 Å². The highest BCUT2D eigenvalue weighted by Crippen LogP contribution is 2.30. The molecule has 1 aromatic heterocycles. The monoisotopic (exact) mass is 384 g/mol. The van der Waals surface area contributed by atoms with E-state index in [1.54, 1.807) is 13.0 Å². The Kier molecular flexibility index (Phi) is 5.41. The fourth-order valence-corrected chi connectivity index (χ4v) is 3.45. The lowest BCUT2D eigenvalue weighted by molar-refractivity contribution is 0.111. The van der Waals surface area contributed by atoms with E-state index >= 15 is 0 Å². The summed E-state index contributed by atoms with van der Waals surface area (Å²) in [6, 6.07) is 13.2. The van der Waals surface area contributed by atoms with E-state index in [0.29, 0.717) is 29.0 Å². The number of aromatic nitrogens is 2. The molecule has 0 atom stereocenters. The third-order valence-electron chi connectivity index (χ3n) is 4.20. The van der Waals surface area contributed by atoms with Crippen molar-refractivity contribution in [3.05, 3.63) is 71.5 Å². The van der Waals surface area contributed by atoms with E-state index in [9.17, 15) is 13.2 Å². The van der Waals surface area contributed by atoms with Gasteiger partial charge in [-0.05, 0) is 42.7 Å². The lowest BCUT2D eigenvalue weighted by atomic mass is 10.0. The molecule has 3 rings (SSSR count). The van der Waals surface area contributed by atoms with Gasteiger partial charge in [-0.2, -0.15) is 9.19 Å². The van der Waals surface area contributed by atoms with Crippen molar-refractivity contribution in [2.24, 2.45) is 0 Å². The quantitative estimate of drug-likeness (QED) is 0.583. The molecule has 7 heteroatoms. The number of carbonyl (C=O) groups is 1. The van der Waals surface area contributed by atoms with Crippen LogP contribution in [-0.4, -0.2) is 29.6 Å². The van der Waals surface area contributed by atoms with Crippen molar-refractivity contribution >= 4 is 16.3 Å². The zero-order valence-electron chi connectivity index (χ0n) is 15.1. The fourth-order valence-electron chi connectivity index (χ4n) is 2.72. The normalized spacial score (nSPS) is 11.3. The van der Waals surface area contributed by atoms with Gasteiger partial charge in [0.1, 0.15) is 12.4 Å². The number of ether oxygens (including phenoxy) is 1. The van der Waals surface area contributed by atoms with Crippen molar-refractivity contribution in [3.8, 4) is 16.9 Å². The summed E-state index contributed by atoms with van der Waals surface area (Å²) in [6.45, 7) is 3.77. The smallest absolute Gasteiger partial charge is 0.253 e. The third-order valence-corrected chi connectivity index (χ3v) is 5.70. The lowest BCUT2D eigenvalue weighted by Crippen LogP contribution is -2.14. The zero-order chi connectivity index (χ0) is 19.4. The molecule has 0 aliphatic rings. The van der Waals surface area contributed by atoms with Gasteiger partial charge < -0.3 is 4.74 Å². The molecule has 0 saturated heterocycles. The Labute approximate surface area is 158 Å². The first-order chi connectivity index (χ1) is 12.9. The molecule has 0 amide bonds. The summed E-state index contributed by atoms with van der Waals surface area (Å²) < 4.78 is 30.7. The molecule has 0 radical (unpaired) electrons. The average Bonchev–Trinajstić information content (AvgIpc) is 3.18. The number of benzene rings is 2. The maximum absolute atomic E-state index is 11.9. The standard InChI is InChI=1S/C20H20N2O4S/c1-3-27(24,25)22-12-19(11-21-22)17-9-15(2)20(18(10-17)13-23)26-14-16-7-5-4-6-8-16/h4-13H,3,14H2,1-2H3. The van der Waals surface area contributed by atoms with E-state index in [0.717, 1.165) is 21.5 Å². The number of rotatable bonds is 7. The van der Waals surface area contributed by atoms with Gasteiger partial charge >= 0.3 is 0 Å². The van der Waals surface area contributed by atoms with E-state index in [1.165, 1.54) is 12.4 Å². The van der Waals surface area contributed by atoms with Crippen LogP contribution in [0.5, 0.6) is 5.75 Å². The van der Waals surface area contributed by atoms with Crippen LogP contribution >= 0.6 is 0 Å². The van der Waals surface area contributed by atoms with E-state index in [1.807, 2.05) is 43.3 Å². The Morgan fingerprint density at radius 2 is 1.89 bits per heavy atom. The van der Waals surface area contributed by atoms with Crippen LogP contribution < -0.4 is 4.74 Å². The summed E-state index contributed by atoms with van der Waals surface area (Å²) in [5.74, 6) is 0.477. The topological polar surface area (TPSA) is 78.3 Å². The Morgan fingerprint density at radius 3 is 2.56 bits per heavy atom. The van der Waals surface area contributed by atoms with Crippen LogP contribution in [0.4, 0.5) is 0 Å². The second-order valence-electron chi connectivity index (χ2n) is 6.11. The van der Waals surface area contributed by atoms with Crippen molar-refractivity contribution in [1.82, 2.24) is 9.19 Å². The van der Waals surface area contributed by atoms with Crippen LogP contribution in [0, 0.1) is 6.92 Å². The maximum Gasteiger partial charge on any atom is 0.253 e. The highest BCUT2D eigenvalue weighted by molar-refractivity contribution is 7.89. The molecule has 3 aromatic rings. The number of carbonyl (C=O) groups excluding carboxylic acids is 1. The summed E-state index contributed by atoms with van der Waals surface area (Å²) in [5, 5.41) is 3.93. The molecular formula is C20H20N2O4S. The van der Waals surface area contributed by atoms with E-state index in [4.69, 9.17) is 4.74 Å². The molecule has 0 unspecified atom stereocenters. The molecule has 0 aliphatic carbocycles. The van der Waals surface area contributed by atoms with Crippen molar-refractivity contribution in [1.29, 1.82) is 0 Å². The molecule has 27 heavy (non-hydrogen) atoms. The second kappa shape index (κ2) is 7.75. The number of hydrogen-bond acceptors (Lipinski definition) is 5. The van der Waals surface area contributed by atoms with Crippen LogP contribution in [-0.2, 0) is 16.6 Å². The Balaban J connectivity index is 1.91. The summed E-state index contributed by atoms with van der Waals surface area (Å²) in [5.41, 5.74) is 3.53. The second-order valence-corrected chi connectivity index (χ2v) is 8.22. The van der Waals surface area contributed by atoms with Gasteiger partial charge in [0, 0.05) is 5.56 Å². The van der Waals surface area contributed by atoms with E-state index in [2.05, 4.69) is 5.10 Å². The highest BCUT2D eigenvalue weighted by Gasteiger charge is 2.15. The predicted octanol–water partition coefficient (Wildman–Crippen LogP) is 3.45. The van der Waals surface area contributed by atoms with Gasteiger partial charge in [0.2, 0.25) is 0 Å². The van der Waals surface area contributed by atoms with Crippen molar-refractivity contribution in [3.63, 3.8) is 0 Å². The largest absolute Gasteiger partial charge is 0.488 e. The SMILES string of the molecule is CCS(=O)(=O)n1cc(-c2cc(C)c(OCc3ccccc3)c(C=O)c2)cn1. The van der Waals surface area contributed by atoms with Crippen LogP contribution in [0.3, 0.4) is 0 Å². The van der Waals surface area contributed by atoms with Gasteiger partial charge in [-0.25, -0.2) is 8.42 Å². The molecule has 140 valence electrons. The minimum absolute atomic E-state index is 0.0427. The number of aryl methyl sites for hydroxylation is 1. The van der Waals surface area contributed by atoms with Gasteiger partial charge in [-0.1, -0.05) is 30.3 Å². The minimum Gasteiger partial charge on any atom is -0.488 e. The first-order valence-electron chi connectivity index (χ1n) is 8.49. The maximum atomic E-state index is 11.9. The summed E-state index contributed by atoms with van der Waals surface area (Å²) in [4.78, 5) is 11.6. The summed E-state index contributed by atoms with van der Waals surface area (Å²) in [6.07, 6.45) is 3.66. The molecule has 0 spiro atoms. The zero-order valence-corrected chi connectivity index (χ0v) is 15.9. The van der Waals surface area contributed by atoms with Gasteiger partial charge in [0.15, 0.2) is 6.29 Å². The molecule has 1 heterocycles. The van der Waals surface area contributed by atoms with Crippen molar-refractivity contribution in [2.45, 2.75) is 20.5 Å². The molecule has 0 aliphatic heterocycles. The average molecular weight is 384 g/mol. The molecule has 6 nitrogen and oxygen atoms in total. The van der Waals surface area contributed by atoms with Crippen molar-refractivity contribution < 1.29 is 17.9 Å². The van der Waals surface area contributed by atoms with Crippen LogP contribution in [0.25, 0.3) is 11.1 Å². The van der Waals surface area contributed by atoms with Crippen LogP contribution in [0.15, 0.2) is 54.9 Å². The molecule has 0 N–H and O–H groups in total. The van der Waals surface area contributed by atoms with Crippen LogP contribution in [0.1, 0.15) is 28.4 Å². The van der Waals surface area contributed by atoms with Gasteiger partial charge in [-0.15, -0.1) is 0 Å². The fraction of sp³-hybridized carbons (Fsp3) is 0.200. The summed E-state index contributed by atoms with van der Waals surface area (Å²) in [7, 11) is -3.45. The number of nitrogens with zero attached hydrogens (tertiary/aromatic N) is 2. The Bertz CT molecular complexity index is 1060. The predicted molar refractivity (Wildman–Crippen MR) is 103 cm³/mol. The highest BCUT2D eigenvalue weighted by atomic mass is 32.2. The molecule has 2 aromatic carbocycles. The van der Waals surface area contributed by atoms with E-state index < -0.39 is 10.0 Å². The Morgan fingerprint density at radius 1 is 1.15 bits per heavy atom. The molecule has 0 fully saturated rings. The summed E-state index contributed by atoms with van der Waals surface area (Å²) >= 11 is 0. The number of hydrogen-bond donors (Lipinski definition) is 0. The van der Waals surface area contributed by atoms with E-state index in [-0.39, 0.29) is 5.75 Å². The molecular weight excluding hydrogens is 364 g/mol. The lowest BCUT2D eigenvalue weighted by Gasteiger charge is -2.13. The Hall–Kier alpha value is -2.93. The minimum atomic E-state index is -3.45. The van der Waals surface area contributed by atoms with Crippen molar-refractivity contribution in [2.75, 3.05) is 5.75 Å².